The number of carbonyl (C=O) groups is 2. The summed E-state index contributed by atoms with van der Waals surface area (Å²) < 4.78 is 41.8. The second-order valence-corrected chi connectivity index (χ2v) is 25.0. The van der Waals surface area contributed by atoms with E-state index in [4.69, 9.17) is 33.2 Å². The van der Waals surface area contributed by atoms with Gasteiger partial charge >= 0.3 is 11.9 Å². The van der Waals surface area contributed by atoms with Crippen LogP contribution in [0.2, 0.25) is 0 Å². The molecule has 0 amide bonds. The number of aliphatic hydroxyl groups excluding tert-OH is 13. The van der Waals surface area contributed by atoms with E-state index in [0.29, 0.717) is 37.7 Å². The van der Waals surface area contributed by atoms with Crippen molar-refractivity contribution < 1.29 is 114 Å². The lowest BCUT2D eigenvalue weighted by molar-refractivity contribution is -0.392. The van der Waals surface area contributed by atoms with Crippen LogP contribution in [0, 0.1) is 50.2 Å². The summed E-state index contributed by atoms with van der Waals surface area (Å²) in [5.41, 5.74) is -3.58. The first-order valence-corrected chi connectivity index (χ1v) is 26.8. The van der Waals surface area contributed by atoms with Gasteiger partial charge < -0.3 is 105 Å². The fourth-order valence-electron chi connectivity index (χ4n) is 15.8. The molecule has 23 nitrogen and oxygen atoms in total. The number of esters is 1. The fourth-order valence-corrected chi connectivity index (χ4v) is 15.8. The van der Waals surface area contributed by atoms with Crippen LogP contribution in [0.25, 0.3) is 0 Å². The van der Waals surface area contributed by atoms with Crippen LogP contribution < -0.4 is 0 Å². The van der Waals surface area contributed by atoms with Crippen molar-refractivity contribution in [3.63, 3.8) is 0 Å². The van der Waals surface area contributed by atoms with Crippen molar-refractivity contribution in [2.45, 2.75) is 217 Å². The van der Waals surface area contributed by atoms with Crippen LogP contribution in [-0.4, -0.2) is 226 Å². The molecule has 434 valence electrons. The Morgan fingerprint density at radius 2 is 1.26 bits per heavy atom. The highest BCUT2D eigenvalue weighted by atomic mass is 16.8. The number of fused-ring (bicyclic) bond motifs is 7. The summed E-state index contributed by atoms with van der Waals surface area (Å²) >= 11 is 0. The predicted molar refractivity (Wildman–Crippen MR) is 259 cm³/mol. The molecule has 5 aliphatic carbocycles. The summed E-state index contributed by atoms with van der Waals surface area (Å²) in [6.45, 7) is 13.1. The first kappa shape index (κ1) is 59.8. The third-order valence-corrected chi connectivity index (χ3v) is 20.8. The molecule has 7 fully saturated rings. The molecule has 0 bridgehead atoms. The molecule has 3 aliphatic heterocycles. The second kappa shape index (κ2) is 21.5. The van der Waals surface area contributed by atoms with E-state index in [0.717, 1.165) is 5.57 Å². The highest BCUT2D eigenvalue weighted by molar-refractivity contribution is 5.87. The van der Waals surface area contributed by atoms with Crippen LogP contribution in [0.4, 0.5) is 0 Å². The van der Waals surface area contributed by atoms with E-state index in [2.05, 4.69) is 26.8 Å². The lowest BCUT2D eigenvalue weighted by atomic mass is 9.33. The predicted octanol–water partition coefficient (Wildman–Crippen LogP) is -1.89. The Morgan fingerprint density at radius 1 is 0.684 bits per heavy atom. The molecule has 3 heterocycles. The molecule has 3 saturated heterocycles. The normalized spacial score (nSPS) is 52.3. The average Bonchev–Trinajstić information content (AvgIpc) is 3.58. The van der Waals surface area contributed by atoms with Gasteiger partial charge in [-0.1, -0.05) is 59.3 Å². The number of aliphatic hydroxyl groups is 13. The van der Waals surface area contributed by atoms with Crippen LogP contribution in [0.3, 0.4) is 0 Å². The Hall–Kier alpha value is -2.34. The van der Waals surface area contributed by atoms with Crippen molar-refractivity contribution in [3.05, 3.63) is 23.3 Å². The van der Waals surface area contributed by atoms with Crippen molar-refractivity contribution in [2.75, 3.05) is 26.4 Å². The standard InChI is InChI=1S/C53H84O23/c1-9-22(2)44(69)70-21-53-24(16-48(3,4)41(65)42(53)66)23-10-11-28-49(5)14-13-30(50(6,20-56)27(49)12-15-51(28,7)52(23,8)17-29(53)57)73-47-39(75-46-36(63)34(61)32(59)26(19-55)72-46)37(64)38(40(76-47)43(67)68)74-45-35(62)33(60)31(58)25(18-54)71-45/h9-10,24-42,45-47,54-66H,11-21H2,1-8H3,(H,67,68)/b22-9+/t24-,25+,26+,27+,28+,29+,30-,31+,32+,33-,34-,35+,36+,37-,38-,39+,40-,41-,42-,45-,46-,47+,49-,50+,51+,52+,53-/m0/s1. The Bertz CT molecular complexity index is 2170. The van der Waals surface area contributed by atoms with Gasteiger partial charge in [-0.25, -0.2) is 9.59 Å². The van der Waals surface area contributed by atoms with E-state index in [1.807, 2.05) is 20.8 Å². The van der Waals surface area contributed by atoms with Gasteiger partial charge in [0.2, 0.25) is 0 Å². The van der Waals surface area contributed by atoms with Gasteiger partial charge in [-0.15, -0.1) is 0 Å². The molecule has 0 aromatic rings. The second-order valence-electron chi connectivity index (χ2n) is 25.0. The third-order valence-electron chi connectivity index (χ3n) is 20.8. The molecule has 8 rings (SSSR count). The van der Waals surface area contributed by atoms with Gasteiger partial charge in [0.25, 0.3) is 0 Å². The Morgan fingerprint density at radius 3 is 1.80 bits per heavy atom. The van der Waals surface area contributed by atoms with Gasteiger partial charge in [0.15, 0.2) is 25.0 Å². The number of hydrogen-bond donors (Lipinski definition) is 14. The molecule has 0 spiro atoms. The molecule has 0 aromatic heterocycles. The molecular weight excluding hydrogens is 1000 g/mol. The Labute approximate surface area is 442 Å². The van der Waals surface area contributed by atoms with E-state index in [1.165, 1.54) is 0 Å². The maximum absolute atomic E-state index is 13.1. The van der Waals surface area contributed by atoms with E-state index in [9.17, 15) is 81.1 Å². The minimum absolute atomic E-state index is 0.0620. The lowest BCUT2D eigenvalue weighted by Crippen LogP contribution is -2.72. The summed E-state index contributed by atoms with van der Waals surface area (Å²) in [6, 6.07) is 0. The third kappa shape index (κ3) is 9.25. The number of ether oxygens (including phenoxy) is 7. The summed E-state index contributed by atoms with van der Waals surface area (Å²) in [7, 11) is 0. The highest BCUT2D eigenvalue weighted by Crippen LogP contribution is 2.76. The van der Waals surface area contributed by atoms with Gasteiger partial charge in [-0.05, 0) is 98.2 Å². The zero-order chi connectivity index (χ0) is 56.2. The summed E-state index contributed by atoms with van der Waals surface area (Å²) in [5, 5.41) is 155. The maximum Gasteiger partial charge on any atom is 0.335 e. The zero-order valence-electron chi connectivity index (χ0n) is 44.6. The number of rotatable bonds is 13. The van der Waals surface area contributed by atoms with Gasteiger partial charge in [-0.2, -0.15) is 0 Å². The number of carbonyl (C=O) groups excluding carboxylic acids is 1. The van der Waals surface area contributed by atoms with Crippen molar-refractivity contribution in [1.29, 1.82) is 0 Å². The minimum atomic E-state index is -2.17. The average molecular weight is 1090 g/mol. The lowest BCUT2D eigenvalue weighted by Gasteiger charge is -2.72. The molecular formula is C53H84O23. The molecule has 0 unspecified atom stereocenters. The first-order valence-electron chi connectivity index (χ1n) is 26.8. The van der Waals surface area contributed by atoms with Gasteiger partial charge in [0.1, 0.15) is 73.8 Å². The van der Waals surface area contributed by atoms with E-state index >= 15 is 0 Å². The van der Waals surface area contributed by atoms with E-state index in [-0.39, 0.29) is 31.3 Å². The molecule has 0 aromatic carbocycles. The topological polar surface area (TPSA) is 382 Å². The van der Waals surface area contributed by atoms with Gasteiger partial charge in [-0.3, -0.25) is 0 Å². The number of carboxylic acid groups (broad SMARTS) is 1. The van der Waals surface area contributed by atoms with Gasteiger partial charge in [0, 0.05) is 11.0 Å². The van der Waals surface area contributed by atoms with Crippen LogP contribution in [0.1, 0.15) is 100 Å². The van der Waals surface area contributed by atoms with Crippen molar-refractivity contribution in [3.8, 4) is 0 Å². The van der Waals surface area contributed by atoms with Crippen molar-refractivity contribution in [1.82, 2.24) is 0 Å². The summed E-state index contributed by atoms with van der Waals surface area (Å²) in [5.74, 6) is -3.13. The molecule has 76 heavy (non-hydrogen) atoms. The minimum Gasteiger partial charge on any atom is -0.479 e. The molecule has 0 radical (unpaired) electrons. The first-order chi connectivity index (χ1) is 35.5. The van der Waals surface area contributed by atoms with Crippen LogP contribution in [0.15, 0.2) is 23.3 Å². The van der Waals surface area contributed by atoms with Crippen LogP contribution in [-0.2, 0) is 42.7 Å². The number of carboxylic acids is 1. The van der Waals surface area contributed by atoms with E-state index in [1.54, 1.807) is 19.9 Å². The molecule has 27 atom stereocenters. The van der Waals surface area contributed by atoms with Crippen LogP contribution >= 0.6 is 0 Å². The Kier molecular flexibility index (Phi) is 16.9. The van der Waals surface area contributed by atoms with Crippen molar-refractivity contribution >= 4 is 11.9 Å². The molecule has 23 heteroatoms. The largest absolute Gasteiger partial charge is 0.479 e. The SMILES string of the molecule is C/C=C(\C)C(=O)OC[C@@]12[C@H](O)C[C@]3(C)C(=CC[C@@H]4[C@@]5(C)CC[C@H](O[C@@H]6O[C@H](C(=O)O)[C@@H](O[C@@H]7O[C@H](CO)[C@@H](O)[C@H](O)[C@H]7O)[C@H](O)[C@H]6O[C@@H]6O[C@H](CO)[C@@H](O)[C@H](O)[C@H]6O)[C@](C)(CO)[C@@H]5CC[C@]43C)[C@@H]1CC(C)(C)[C@@H](O)[C@@H]2O. The number of aliphatic carboxylic acids is 1. The number of allylic oxidation sites excluding steroid dienone is 3. The van der Waals surface area contributed by atoms with E-state index < -0.39 is 187 Å². The fraction of sp³-hybridized carbons (Fsp3) is 0.887. The highest BCUT2D eigenvalue weighted by Gasteiger charge is 2.73. The summed E-state index contributed by atoms with van der Waals surface area (Å²) in [4.78, 5) is 26.2. The number of hydrogen-bond acceptors (Lipinski definition) is 22. The van der Waals surface area contributed by atoms with Crippen LogP contribution in [0.5, 0.6) is 0 Å². The Balaban J connectivity index is 1.11. The summed E-state index contributed by atoms with van der Waals surface area (Å²) in [6.07, 6.45) is -26.6. The van der Waals surface area contributed by atoms with Crippen molar-refractivity contribution in [2.24, 2.45) is 50.2 Å². The quantitative estimate of drug-likeness (QED) is 0.0415. The molecule has 14 N–H and O–H groups in total. The monoisotopic (exact) mass is 1090 g/mol. The molecule has 4 saturated carbocycles. The smallest absolute Gasteiger partial charge is 0.335 e. The molecule has 8 aliphatic rings. The zero-order valence-corrected chi connectivity index (χ0v) is 44.6. The van der Waals surface area contributed by atoms with Gasteiger partial charge in [0.05, 0.1) is 49.7 Å². The maximum atomic E-state index is 13.1.